The largest absolute Gasteiger partial charge is 0.385 e. The van der Waals surface area contributed by atoms with Crippen LogP contribution < -0.4 is 5.32 Å². The van der Waals surface area contributed by atoms with Crippen LogP contribution in [0, 0.1) is 5.92 Å². The molecule has 0 aromatic heterocycles. The van der Waals surface area contributed by atoms with Crippen molar-refractivity contribution in [3.8, 4) is 0 Å². The van der Waals surface area contributed by atoms with E-state index < -0.39 is 0 Å². The number of hydrogen-bond acceptors (Lipinski definition) is 3. The smallest absolute Gasteiger partial charge is 0.224 e. The summed E-state index contributed by atoms with van der Waals surface area (Å²) in [5.74, 6) is 0.455. The van der Waals surface area contributed by atoms with Crippen molar-refractivity contribution in [3.05, 3.63) is 0 Å². The quantitative estimate of drug-likeness (QED) is 0.631. The molecule has 124 valence electrons. The maximum Gasteiger partial charge on any atom is 0.224 e. The molecule has 0 bridgehead atoms. The van der Waals surface area contributed by atoms with Crippen LogP contribution in [0.4, 0.5) is 0 Å². The molecule has 1 N–H and O–H groups in total. The van der Waals surface area contributed by atoms with E-state index in [4.69, 9.17) is 4.74 Å². The standard InChI is InChI=1S/C17H34N2O2/c1-4-5-11-18-17(20)16-10-9-15(2)19(14-16)12-7-6-8-13-21-3/h15-16H,4-14H2,1-3H3,(H,18,20)/t15-,16-/m0/s1. The molecular weight excluding hydrogens is 264 g/mol. The van der Waals surface area contributed by atoms with Gasteiger partial charge in [-0.2, -0.15) is 0 Å². The minimum Gasteiger partial charge on any atom is -0.385 e. The maximum absolute atomic E-state index is 12.2. The first-order valence-electron chi connectivity index (χ1n) is 8.69. The molecule has 0 aromatic rings. The molecule has 0 unspecified atom stereocenters. The molecular formula is C17H34N2O2. The molecule has 4 nitrogen and oxygen atoms in total. The highest BCUT2D eigenvalue weighted by Gasteiger charge is 2.29. The van der Waals surface area contributed by atoms with E-state index in [1.165, 1.54) is 12.8 Å². The van der Waals surface area contributed by atoms with Crippen molar-refractivity contribution >= 4 is 5.91 Å². The number of amides is 1. The van der Waals surface area contributed by atoms with Crippen molar-refractivity contribution in [2.75, 3.05) is 33.4 Å². The number of carbonyl (C=O) groups is 1. The molecule has 1 fully saturated rings. The molecule has 0 spiro atoms. The minimum atomic E-state index is 0.192. The predicted molar refractivity (Wildman–Crippen MR) is 87.4 cm³/mol. The average Bonchev–Trinajstić information content (AvgIpc) is 2.49. The fourth-order valence-corrected chi connectivity index (χ4v) is 2.98. The molecule has 0 saturated carbocycles. The van der Waals surface area contributed by atoms with Gasteiger partial charge in [0, 0.05) is 32.8 Å². The van der Waals surface area contributed by atoms with E-state index in [-0.39, 0.29) is 11.8 Å². The van der Waals surface area contributed by atoms with Gasteiger partial charge in [-0.05, 0) is 52.0 Å². The van der Waals surface area contributed by atoms with Gasteiger partial charge in [-0.25, -0.2) is 0 Å². The minimum absolute atomic E-state index is 0.192. The van der Waals surface area contributed by atoms with Crippen molar-refractivity contribution in [1.29, 1.82) is 0 Å². The zero-order valence-electron chi connectivity index (χ0n) is 14.2. The Bertz CT molecular complexity index is 284. The number of carbonyl (C=O) groups excluding carboxylic acids is 1. The van der Waals surface area contributed by atoms with Crippen molar-refractivity contribution in [2.24, 2.45) is 5.92 Å². The molecule has 1 amide bonds. The molecule has 1 aliphatic heterocycles. The summed E-state index contributed by atoms with van der Waals surface area (Å²) in [6.45, 7) is 8.18. The van der Waals surface area contributed by atoms with E-state index in [1.807, 2.05) is 0 Å². The molecule has 1 heterocycles. The van der Waals surface area contributed by atoms with Crippen LogP contribution in [0.15, 0.2) is 0 Å². The third kappa shape index (κ3) is 7.28. The normalized spacial score (nSPS) is 23.2. The second-order valence-corrected chi connectivity index (χ2v) is 6.32. The second-order valence-electron chi connectivity index (χ2n) is 6.32. The molecule has 0 radical (unpaired) electrons. The van der Waals surface area contributed by atoms with Crippen LogP contribution in [-0.2, 0) is 9.53 Å². The number of ether oxygens (including phenoxy) is 1. The van der Waals surface area contributed by atoms with Gasteiger partial charge in [0.05, 0.1) is 5.92 Å². The van der Waals surface area contributed by atoms with Gasteiger partial charge in [-0.15, -0.1) is 0 Å². The first kappa shape index (κ1) is 18.4. The summed E-state index contributed by atoms with van der Waals surface area (Å²) in [4.78, 5) is 14.7. The highest BCUT2D eigenvalue weighted by molar-refractivity contribution is 5.78. The first-order chi connectivity index (χ1) is 10.2. The van der Waals surface area contributed by atoms with Gasteiger partial charge in [0.1, 0.15) is 0 Å². The van der Waals surface area contributed by atoms with E-state index in [9.17, 15) is 4.79 Å². The summed E-state index contributed by atoms with van der Waals surface area (Å²) >= 11 is 0. The topological polar surface area (TPSA) is 41.6 Å². The summed E-state index contributed by atoms with van der Waals surface area (Å²) in [6.07, 6.45) is 7.96. The Morgan fingerprint density at radius 1 is 1.24 bits per heavy atom. The number of unbranched alkanes of at least 4 members (excludes halogenated alkanes) is 3. The summed E-state index contributed by atoms with van der Waals surface area (Å²) < 4.78 is 5.08. The monoisotopic (exact) mass is 298 g/mol. The lowest BCUT2D eigenvalue weighted by Gasteiger charge is -2.37. The van der Waals surface area contributed by atoms with Crippen molar-refractivity contribution in [2.45, 2.75) is 64.8 Å². The zero-order valence-corrected chi connectivity index (χ0v) is 14.2. The van der Waals surface area contributed by atoms with Crippen LogP contribution in [0.1, 0.15) is 58.8 Å². The number of rotatable bonds is 10. The molecule has 0 aromatic carbocycles. The molecule has 2 atom stereocenters. The summed E-state index contributed by atoms with van der Waals surface area (Å²) in [7, 11) is 1.76. The fourth-order valence-electron chi connectivity index (χ4n) is 2.98. The first-order valence-corrected chi connectivity index (χ1v) is 8.69. The van der Waals surface area contributed by atoms with E-state index >= 15 is 0 Å². The van der Waals surface area contributed by atoms with Crippen LogP contribution in [0.5, 0.6) is 0 Å². The number of likely N-dealkylation sites (tertiary alicyclic amines) is 1. The Balaban J connectivity index is 2.27. The third-order valence-electron chi connectivity index (χ3n) is 4.51. The maximum atomic E-state index is 12.2. The van der Waals surface area contributed by atoms with Gasteiger partial charge in [0.25, 0.3) is 0 Å². The van der Waals surface area contributed by atoms with E-state index in [2.05, 4.69) is 24.1 Å². The Hall–Kier alpha value is -0.610. The molecule has 1 rings (SSSR count). The van der Waals surface area contributed by atoms with Gasteiger partial charge in [-0.1, -0.05) is 13.3 Å². The number of nitrogens with one attached hydrogen (secondary N) is 1. The van der Waals surface area contributed by atoms with E-state index in [0.717, 1.165) is 58.3 Å². The highest BCUT2D eigenvalue weighted by Crippen LogP contribution is 2.22. The van der Waals surface area contributed by atoms with Gasteiger partial charge in [0.15, 0.2) is 0 Å². The van der Waals surface area contributed by atoms with Crippen LogP contribution in [-0.4, -0.2) is 50.2 Å². The van der Waals surface area contributed by atoms with Gasteiger partial charge < -0.3 is 10.1 Å². The number of nitrogens with zero attached hydrogens (tertiary/aromatic N) is 1. The highest BCUT2D eigenvalue weighted by atomic mass is 16.5. The Kier molecular flexibility index (Phi) is 9.68. The zero-order chi connectivity index (χ0) is 15.5. The van der Waals surface area contributed by atoms with Crippen molar-refractivity contribution in [1.82, 2.24) is 10.2 Å². The molecule has 1 saturated heterocycles. The van der Waals surface area contributed by atoms with Crippen LogP contribution in [0.3, 0.4) is 0 Å². The summed E-state index contributed by atoms with van der Waals surface area (Å²) in [5, 5.41) is 3.09. The Labute approximate surface area is 130 Å². The predicted octanol–water partition coefficient (Wildman–Crippen LogP) is 2.82. The SMILES string of the molecule is CCCCNC(=O)[C@H]1CC[C@H](C)N(CCCCCOC)C1. The van der Waals surface area contributed by atoms with Crippen molar-refractivity contribution in [3.63, 3.8) is 0 Å². The number of piperidine rings is 1. The molecule has 21 heavy (non-hydrogen) atoms. The number of methoxy groups -OCH3 is 1. The van der Waals surface area contributed by atoms with E-state index in [0.29, 0.717) is 6.04 Å². The lowest BCUT2D eigenvalue weighted by molar-refractivity contribution is -0.127. The summed E-state index contributed by atoms with van der Waals surface area (Å²) in [6, 6.07) is 0.618. The molecule has 0 aliphatic carbocycles. The van der Waals surface area contributed by atoms with Crippen LogP contribution in [0.2, 0.25) is 0 Å². The van der Waals surface area contributed by atoms with Crippen molar-refractivity contribution < 1.29 is 9.53 Å². The fraction of sp³-hybridized carbons (Fsp3) is 0.941. The van der Waals surface area contributed by atoms with Gasteiger partial charge in [0.2, 0.25) is 5.91 Å². The van der Waals surface area contributed by atoms with E-state index in [1.54, 1.807) is 7.11 Å². The Morgan fingerprint density at radius 3 is 2.76 bits per heavy atom. The van der Waals surface area contributed by atoms with Crippen LogP contribution in [0.25, 0.3) is 0 Å². The number of hydrogen-bond donors (Lipinski definition) is 1. The lowest BCUT2D eigenvalue weighted by Crippen LogP contribution is -2.47. The third-order valence-corrected chi connectivity index (χ3v) is 4.51. The van der Waals surface area contributed by atoms with Gasteiger partial charge in [-0.3, -0.25) is 9.69 Å². The van der Waals surface area contributed by atoms with Crippen LogP contribution >= 0.6 is 0 Å². The molecule has 4 heteroatoms. The average molecular weight is 298 g/mol. The lowest BCUT2D eigenvalue weighted by atomic mass is 9.92. The Morgan fingerprint density at radius 2 is 2.05 bits per heavy atom. The molecule has 1 aliphatic rings. The summed E-state index contributed by atoms with van der Waals surface area (Å²) in [5.41, 5.74) is 0. The van der Waals surface area contributed by atoms with Gasteiger partial charge >= 0.3 is 0 Å². The second kappa shape index (κ2) is 11.0.